The van der Waals surface area contributed by atoms with Crippen molar-refractivity contribution in [2.75, 3.05) is 14.2 Å². The minimum atomic E-state index is -0.578. The second-order valence-corrected chi connectivity index (χ2v) is 6.64. The van der Waals surface area contributed by atoms with Crippen LogP contribution in [0.1, 0.15) is 21.7 Å². The van der Waals surface area contributed by atoms with Gasteiger partial charge in [0, 0.05) is 18.3 Å². The second-order valence-electron chi connectivity index (χ2n) is 6.23. The fourth-order valence-electron chi connectivity index (χ4n) is 2.83. The highest BCUT2D eigenvalue weighted by atomic mass is 35.5. The first kappa shape index (κ1) is 20.4. The van der Waals surface area contributed by atoms with Gasteiger partial charge in [0.05, 0.1) is 24.9 Å². The van der Waals surface area contributed by atoms with Crippen molar-refractivity contribution in [2.24, 2.45) is 0 Å². The highest BCUT2D eigenvalue weighted by molar-refractivity contribution is 6.32. The molecule has 150 valence electrons. The molecular formula is C21H20ClN3O4. The number of methoxy groups -OCH3 is 2. The van der Waals surface area contributed by atoms with E-state index in [2.05, 4.69) is 10.4 Å². The van der Waals surface area contributed by atoms with E-state index >= 15 is 0 Å². The van der Waals surface area contributed by atoms with Crippen molar-refractivity contribution in [1.29, 1.82) is 0 Å². The topological polar surface area (TPSA) is 82.5 Å². The molecule has 0 aliphatic heterocycles. The maximum atomic E-state index is 12.6. The van der Waals surface area contributed by atoms with Gasteiger partial charge >= 0.3 is 0 Å². The smallest absolute Gasteiger partial charge is 0.276 e. The fraction of sp³-hybridized carbons (Fsp3) is 0.190. The molecule has 0 saturated carbocycles. The van der Waals surface area contributed by atoms with Crippen LogP contribution in [0.15, 0.2) is 53.3 Å². The summed E-state index contributed by atoms with van der Waals surface area (Å²) in [7, 11) is 3.08. The Kier molecular flexibility index (Phi) is 6.19. The summed E-state index contributed by atoms with van der Waals surface area (Å²) in [5.41, 5.74) is 1.27. The van der Waals surface area contributed by atoms with Crippen LogP contribution in [0.25, 0.3) is 5.69 Å². The summed E-state index contributed by atoms with van der Waals surface area (Å²) < 4.78 is 11.9. The van der Waals surface area contributed by atoms with Crippen LogP contribution in [0.3, 0.4) is 0 Å². The Hall–Kier alpha value is -3.32. The van der Waals surface area contributed by atoms with Crippen molar-refractivity contribution in [3.63, 3.8) is 0 Å². The van der Waals surface area contributed by atoms with Gasteiger partial charge in [-0.05, 0) is 36.8 Å². The molecule has 1 N–H and O–H groups in total. The van der Waals surface area contributed by atoms with Gasteiger partial charge in [-0.15, -0.1) is 0 Å². The predicted molar refractivity (Wildman–Crippen MR) is 110 cm³/mol. The summed E-state index contributed by atoms with van der Waals surface area (Å²) in [6.07, 6.45) is 0. The number of amides is 1. The molecule has 0 radical (unpaired) electrons. The summed E-state index contributed by atoms with van der Waals surface area (Å²) in [6, 6.07) is 13.7. The summed E-state index contributed by atoms with van der Waals surface area (Å²) in [6.45, 7) is 1.92. The lowest BCUT2D eigenvalue weighted by molar-refractivity contribution is 0.0943. The summed E-state index contributed by atoms with van der Waals surface area (Å²) in [5, 5.41) is 7.41. The molecule has 0 unspecified atom stereocenters. The average molecular weight is 414 g/mol. The highest BCUT2D eigenvalue weighted by Crippen LogP contribution is 2.27. The molecule has 0 aliphatic carbocycles. The van der Waals surface area contributed by atoms with Crippen LogP contribution in [-0.4, -0.2) is 29.9 Å². The Labute approximate surface area is 172 Å². The Balaban J connectivity index is 1.85. The monoisotopic (exact) mass is 413 g/mol. The number of hydrogen-bond acceptors (Lipinski definition) is 5. The maximum absolute atomic E-state index is 12.6. The molecule has 0 atom stereocenters. The number of nitrogens with one attached hydrogen (secondary N) is 1. The van der Waals surface area contributed by atoms with E-state index in [1.165, 1.54) is 17.9 Å². The SMILES string of the molecule is COc1ccc(CNC(=O)c2nn(-c3ccccc3Cl)c(C)cc2=O)cc1OC. The lowest BCUT2D eigenvalue weighted by Crippen LogP contribution is -2.31. The van der Waals surface area contributed by atoms with E-state index in [-0.39, 0.29) is 12.2 Å². The predicted octanol–water partition coefficient (Wildman–Crippen LogP) is 3.14. The Morgan fingerprint density at radius 3 is 2.52 bits per heavy atom. The van der Waals surface area contributed by atoms with Crippen molar-refractivity contribution in [2.45, 2.75) is 13.5 Å². The Bertz CT molecular complexity index is 1110. The number of benzene rings is 2. The van der Waals surface area contributed by atoms with E-state index < -0.39 is 11.3 Å². The number of aryl methyl sites for hydroxylation is 1. The van der Waals surface area contributed by atoms with Crippen LogP contribution in [0.2, 0.25) is 5.02 Å². The molecule has 0 fully saturated rings. The second kappa shape index (κ2) is 8.79. The van der Waals surface area contributed by atoms with Crippen LogP contribution >= 0.6 is 11.6 Å². The summed E-state index contributed by atoms with van der Waals surface area (Å²) >= 11 is 6.24. The van der Waals surface area contributed by atoms with Crippen LogP contribution < -0.4 is 20.2 Å². The number of nitrogens with zero attached hydrogens (tertiary/aromatic N) is 2. The zero-order chi connectivity index (χ0) is 21.0. The number of aromatic nitrogens is 2. The fourth-order valence-corrected chi connectivity index (χ4v) is 3.04. The number of rotatable bonds is 6. The number of para-hydroxylation sites is 1. The minimum absolute atomic E-state index is 0.195. The molecule has 0 aliphatic rings. The molecule has 1 aromatic heterocycles. The molecule has 29 heavy (non-hydrogen) atoms. The molecule has 2 aromatic carbocycles. The van der Waals surface area contributed by atoms with Gasteiger partial charge in [-0.1, -0.05) is 29.8 Å². The van der Waals surface area contributed by atoms with Crippen LogP contribution in [-0.2, 0) is 6.54 Å². The number of hydrogen-bond donors (Lipinski definition) is 1. The van der Waals surface area contributed by atoms with Crippen molar-refractivity contribution in [3.05, 3.63) is 80.7 Å². The quantitative estimate of drug-likeness (QED) is 0.671. The van der Waals surface area contributed by atoms with E-state index in [0.717, 1.165) is 5.56 Å². The van der Waals surface area contributed by atoms with Crippen molar-refractivity contribution in [1.82, 2.24) is 15.1 Å². The molecule has 1 amide bonds. The number of carbonyl (C=O) groups is 1. The van der Waals surface area contributed by atoms with E-state index in [4.69, 9.17) is 21.1 Å². The summed E-state index contributed by atoms with van der Waals surface area (Å²) in [5.74, 6) is 0.560. The van der Waals surface area contributed by atoms with E-state index in [1.54, 1.807) is 56.5 Å². The van der Waals surface area contributed by atoms with Crippen LogP contribution in [0, 0.1) is 6.92 Å². The van der Waals surface area contributed by atoms with Gasteiger partial charge in [-0.25, -0.2) is 4.68 Å². The van der Waals surface area contributed by atoms with Gasteiger partial charge in [0.25, 0.3) is 5.91 Å². The molecule has 7 nitrogen and oxygen atoms in total. The summed E-state index contributed by atoms with van der Waals surface area (Å²) in [4.78, 5) is 25.0. The van der Waals surface area contributed by atoms with E-state index in [0.29, 0.717) is 27.9 Å². The van der Waals surface area contributed by atoms with Gasteiger partial charge in [0.15, 0.2) is 17.2 Å². The number of halogens is 1. The molecule has 3 rings (SSSR count). The minimum Gasteiger partial charge on any atom is -0.493 e. The zero-order valence-corrected chi connectivity index (χ0v) is 17.0. The van der Waals surface area contributed by atoms with Gasteiger partial charge < -0.3 is 14.8 Å². The lowest BCUT2D eigenvalue weighted by atomic mass is 10.2. The zero-order valence-electron chi connectivity index (χ0n) is 16.2. The largest absolute Gasteiger partial charge is 0.493 e. The highest BCUT2D eigenvalue weighted by Gasteiger charge is 2.16. The number of carbonyl (C=O) groups excluding carboxylic acids is 1. The standard InChI is InChI=1S/C21H20ClN3O4/c1-13-10-17(26)20(24-25(13)16-7-5-4-6-15(16)22)21(27)23-12-14-8-9-18(28-2)19(11-14)29-3/h4-11H,12H2,1-3H3,(H,23,27). The molecule has 0 spiro atoms. The first-order valence-electron chi connectivity index (χ1n) is 8.79. The van der Waals surface area contributed by atoms with Crippen molar-refractivity contribution < 1.29 is 14.3 Å². The Morgan fingerprint density at radius 1 is 1.10 bits per heavy atom. The number of ether oxygens (including phenoxy) is 2. The van der Waals surface area contributed by atoms with Crippen LogP contribution in [0.4, 0.5) is 0 Å². The molecule has 1 heterocycles. The third-order valence-electron chi connectivity index (χ3n) is 4.30. The normalized spacial score (nSPS) is 10.5. The van der Waals surface area contributed by atoms with Crippen LogP contribution in [0.5, 0.6) is 11.5 Å². The van der Waals surface area contributed by atoms with Crippen molar-refractivity contribution in [3.8, 4) is 17.2 Å². The maximum Gasteiger partial charge on any atom is 0.276 e. The molecule has 0 saturated heterocycles. The molecule has 3 aromatic rings. The van der Waals surface area contributed by atoms with E-state index in [9.17, 15) is 9.59 Å². The average Bonchev–Trinajstić information content (AvgIpc) is 2.72. The van der Waals surface area contributed by atoms with Gasteiger partial charge in [0.1, 0.15) is 0 Å². The Morgan fingerprint density at radius 2 is 1.83 bits per heavy atom. The third-order valence-corrected chi connectivity index (χ3v) is 4.62. The molecule has 0 bridgehead atoms. The molecule has 8 heteroatoms. The van der Waals surface area contributed by atoms with Gasteiger partial charge in [0.2, 0.25) is 5.43 Å². The third kappa shape index (κ3) is 4.41. The van der Waals surface area contributed by atoms with Gasteiger partial charge in [-0.3, -0.25) is 9.59 Å². The van der Waals surface area contributed by atoms with E-state index in [1.807, 2.05) is 0 Å². The first-order chi connectivity index (χ1) is 13.9. The van der Waals surface area contributed by atoms with Gasteiger partial charge in [-0.2, -0.15) is 5.10 Å². The molecular weight excluding hydrogens is 394 g/mol. The first-order valence-corrected chi connectivity index (χ1v) is 9.17. The lowest BCUT2D eigenvalue weighted by Gasteiger charge is -2.13. The van der Waals surface area contributed by atoms with Crippen molar-refractivity contribution >= 4 is 17.5 Å².